The van der Waals surface area contributed by atoms with Gasteiger partial charge in [-0.2, -0.15) is 0 Å². The zero-order valence-corrected chi connectivity index (χ0v) is 11.9. The summed E-state index contributed by atoms with van der Waals surface area (Å²) < 4.78 is 36.7. The molecular formula is C12H19NO4S. The zero-order chi connectivity index (χ0) is 13.8. The molecule has 1 N–H and O–H groups in total. The third-order valence-corrected chi connectivity index (χ3v) is 4.04. The van der Waals surface area contributed by atoms with Gasteiger partial charge in [-0.25, -0.2) is 13.1 Å². The van der Waals surface area contributed by atoms with E-state index in [1.165, 1.54) is 13.2 Å². The number of aryl methyl sites for hydroxylation is 1. The molecule has 1 atom stereocenters. The van der Waals surface area contributed by atoms with E-state index in [1.807, 2.05) is 0 Å². The van der Waals surface area contributed by atoms with Crippen LogP contribution in [-0.2, 0) is 14.8 Å². The lowest BCUT2D eigenvalue weighted by Crippen LogP contribution is -2.35. The van der Waals surface area contributed by atoms with Gasteiger partial charge in [0.2, 0.25) is 10.0 Å². The molecule has 0 saturated carbocycles. The number of ether oxygens (including phenoxy) is 2. The molecule has 5 nitrogen and oxygen atoms in total. The SMILES string of the molecule is COCC(C)NS(=O)(=O)c1ccc(OC)c(C)c1. The highest BCUT2D eigenvalue weighted by Gasteiger charge is 2.18. The van der Waals surface area contributed by atoms with Crippen LogP contribution in [0.1, 0.15) is 12.5 Å². The maximum absolute atomic E-state index is 12.1. The number of sulfonamides is 1. The normalized spacial score (nSPS) is 13.3. The van der Waals surface area contributed by atoms with Gasteiger partial charge in [-0.3, -0.25) is 0 Å². The first-order valence-corrected chi connectivity index (χ1v) is 7.05. The van der Waals surface area contributed by atoms with E-state index in [0.717, 1.165) is 5.56 Å². The molecule has 0 saturated heterocycles. The van der Waals surface area contributed by atoms with Crippen molar-refractivity contribution in [3.63, 3.8) is 0 Å². The lowest BCUT2D eigenvalue weighted by Gasteiger charge is -2.14. The molecule has 18 heavy (non-hydrogen) atoms. The monoisotopic (exact) mass is 273 g/mol. The van der Waals surface area contributed by atoms with Crippen molar-refractivity contribution < 1.29 is 17.9 Å². The van der Waals surface area contributed by atoms with Crippen molar-refractivity contribution in [3.8, 4) is 5.75 Å². The van der Waals surface area contributed by atoms with E-state index in [9.17, 15) is 8.42 Å². The van der Waals surface area contributed by atoms with Gasteiger partial charge in [-0.15, -0.1) is 0 Å². The number of rotatable bonds is 6. The molecule has 0 radical (unpaired) electrons. The maximum atomic E-state index is 12.1. The standard InChI is InChI=1S/C12H19NO4S/c1-9-7-11(5-6-12(9)17-4)18(14,15)13-10(2)8-16-3/h5-7,10,13H,8H2,1-4H3. The first-order chi connectivity index (χ1) is 8.40. The van der Waals surface area contributed by atoms with Crippen LogP contribution in [0, 0.1) is 6.92 Å². The molecule has 0 fully saturated rings. The highest BCUT2D eigenvalue weighted by atomic mass is 32.2. The van der Waals surface area contributed by atoms with Gasteiger partial charge in [0.25, 0.3) is 0 Å². The van der Waals surface area contributed by atoms with E-state index in [4.69, 9.17) is 9.47 Å². The van der Waals surface area contributed by atoms with Gasteiger partial charge in [0.15, 0.2) is 0 Å². The molecule has 0 heterocycles. The predicted molar refractivity (Wildman–Crippen MR) is 69.4 cm³/mol. The Morgan fingerprint density at radius 1 is 1.33 bits per heavy atom. The van der Waals surface area contributed by atoms with Crippen LogP contribution in [0.15, 0.2) is 23.1 Å². The number of methoxy groups -OCH3 is 2. The Morgan fingerprint density at radius 3 is 2.50 bits per heavy atom. The van der Waals surface area contributed by atoms with Crippen LogP contribution in [-0.4, -0.2) is 35.3 Å². The third-order valence-electron chi connectivity index (χ3n) is 2.45. The van der Waals surface area contributed by atoms with Crippen LogP contribution < -0.4 is 9.46 Å². The van der Waals surface area contributed by atoms with Crippen LogP contribution in [0.5, 0.6) is 5.75 Å². The molecular weight excluding hydrogens is 254 g/mol. The number of hydrogen-bond donors (Lipinski definition) is 1. The number of benzene rings is 1. The fourth-order valence-electron chi connectivity index (χ4n) is 1.63. The molecule has 1 unspecified atom stereocenters. The summed E-state index contributed by atoms with van der Waals surface area (Å²) in [4.78, 5) is 0.226. The fraction of sp³-hybridized carbons (Fsp3) is 0.500. The molecule has 6 heteroatoms. The van der Waals surface area contributed by atoms with E-state index in [1.54, 1.807) is 33.1 Å². The van der Waals surface area contributed by atoms with Crippen LogP contribution in [0.3, 0.4) is 0 Å². The summed E-state index contributed by atoms with van der Waals surface area (Å²) in [6.45, 7) is 3.88. The van der Waals surface area contributed by atoms with Crippen LogP contribution >= 0.6 is 0 Å². The number of hydrogen-bond acceptors (Lipinski definition) is 4. The highest BCUT2D eigenvalue weighted by molar-refractivity contribution is 7.89. The summed E-state index contributed by atoms with van der Waals surface area (Å²) in [5.41, 5.74) is 0.778. The van der Waals surface area contributed by atoms with Gasteiger partial charge < -0.3 is 9.47 Å². The Balaban J connectivity index is 2.95. The van der Waals surface area contributed by atoms with E-state index >= 15 is 0 Å². The van der Waals surface area contributed by atoms with Crippen molar-refractivity contribution in [2.24, 2.45) is 0 Å². The molecule has 0 aliphatic heterocycles. The molecule has 0 amide bonds. The largest absolute Gasteiger partial charge is 0.496 e. The molecule has 1 aromatic rings. The zero-order valence-electron chi connectivity index (χ0n) is 11.1. The van der Waals surface area contributed by atoms with E-state index in [2.05, 4.69) is 4.72 Å². The average molecular weight is 273 g/mol. The Kier molecular flexibility index (Phi) is 5.13. The second-order valence-corrected chi connectivity index (χ2v) is 5.82. The van der Waals surface area contributed by atoms with Gasteiger partial charge >= 0.3 is 0 Å². The predicted octanol–water partition coefficient (Wildman–Crippen LogP) is 1.32. The summed E-state index contributed by atoms with van der Waals surface area (Å²) >= 11 is 0. The molecule has 1 rings (SSSR count). The van der Waals surface area contributed by atoms with Gasteiger partial charge in [0.1, 0.15) is 5.75 Å². The summed E-state index contributed by atoms with van der Waals surface area (Å²) in [5, 5.41) is 0. The molecule has 0 aliphatic rings. The van der Waals surface area contributed by atoms with Gasteiger partial charge in [0.05, 0.1) is 18.6 Å². The lowest BCUT2D eigenvalue weighted by molar-refractivity contribution is 0.180. The molecule has 102 valence electrons. The van der Waals surface area contributed by atoms with Crippen molar-refractivity contribution in [1.82, 2.24) is 4.72 Å². The first-order valence-electron chi connectivity index (χ1n) is 5.56. The highest BCUT2D eigenvalue weighted by Crippen LogP contribution is 2.21. The van der Waals surface area contributed by atoms with Crippen molar-refractivity contribution in [2.45, 2.75) is 24.8 Å². The Hall–Kier alpha value is -1.11. The van der Waals surface area contributed by atoms with Gasteiger partial charge in [-0.1, -0.05) is 0 Å². The summed E-state index contributed by atoms with van der Waals surface area (Å²) in [5.74, 6) is 0.666. The smallest absolute Gasteiger partial charge is 0.240 e. The summed E-state index contributed by atoms with van der Waals surface area (Å²) in [7, 11) is -0.434. The second kappa shape index (κ2) is 6.17. The molecule has 1 aromatic carbocycles. The minimum Gasteiger partial charge on any atom is -0.496 e. The quantitative estimate of drug-likeness (QED) is 0.849. The van der Waals surface area contributed by atoms with Crippen LogP contribution in [0.4, 0.5) is 0 Å². The second-order valence-electron chi connectivity index (χ2n) is 4.11. The van der Waals surface area contributed by atoms with Crippen molar-refractivity contribution in [2.75, 3.05) is 20.8 Å². The van der Waals surface area contributed by atoms with Crippen molar-refractivity contribution in [1.29, 1.82) is 0 Å². The van der Waals surface area contributed by atoms with Gasteiger partial charge in [0, 0.05) is 13.2 Å². The van der Waals surface area contributed by atoms with E-state index < -0.39 is 10.0 Å². The third kappa shape index (κ3) is 3.69. The average Bonchev–Trinajstić information content (AvgIpc) is 2.28. The summed E-state index contributed by atoms with van der Waals surface area (Å²) in [6.07, 6.45) is 0. The molecule has 0 spiro atoms. The number of nitrogens with one attached hydrogen (secondary N) is 1. The first kappa shape index (κ1) is 14.9. The lowest BCUT2D eigenvalue weighted by atomic mass is 10.2. The minimum atomic E-state index is -3.51. The Labute approximate surface area is 108 Å². The van der Waals surface area contributed by atoms with E-state index in [0.29, 0.717) is 12.4 Å². The topological polar surface area (TPSA) is 64.6 Å². The van der Waals surface area contributed by atoms with Crippen LogP contribution in [0.2, 0.25) is 0 Å². The molecule has 0 aliphatic carbocycles. The van der Waals surface area contributed by atoms with Crippen molar-refractivity contribution in [3.05, 3.63) is 23.8 Å². The molecule has 0 aromatic heterocycles. The minimum absolute atomic E-state index is 0.226. The Morgan fingerprint density at radius 2 is 2.00 bits per heavy atom. The van der Waals surface area contributed by atoms with Crippen LogP contribution in [0.25, 0.3) is 0 Å². The fourth-order valence-corrected chi connectivity index (χ4v) is 2.95. The van der Waals surface area contributed by atoms with E-state index in [-0.39, 0.29) is 10.9 Å². The Bertz CT molecular complexity index is 499. The summed E-state index contributed by atoms with van der Waals surface area (Å²) in [6, 6.07) is 4.47. The maximum Gasteiger partial charge on any atom is 0.240 e. The van der Waals surface area contributed by atoms with Gasteiger partial charge in [-0.05, 0) is 37.6 Å². The molecule has 0 bridgehead atoms. The van der Waals surface area contributed by atoms with Crippen molar-refractivity contribution >= 4 is 10.0 Å².